The van der Waals surface area contributed by atoms with Crippen molar-refractivity contribution in [2.45, 2.75) is 31.9 Å². The second-order valence-corrected chi connectivity index (χ2v) is 6.82. The van der Waals surface area contributed by atoms with E-state index < -0.39 is 5.67 Å². The van der Waals surface area contributed by atoms with Gasteiger partial charge >= 0.3 is 0 Å². The summed E-state index contributed by atoms with van der Waals surface area (Å²) in [5, 5.41) is 0. The van der Waals surface area contributed by atoms with Crippen molar-refractivity contribution in [2.24, 2.45) is 9.98 Å². The van der Waals surface area contributed by atoms with Gasteiger partial charge in [-0.15, -0.1) is 0 Å². The first kappa shape index (κ1) is 20.4. The van der Waals surface area contributed by atoms with E-state index in [-0.39, 0.29) is 25.2 Å². The lowest BCUT2D eigenvalue weighted by atomic mass is 9.88. The number of pyridine rings is 1. The number of carbonyl (C=O) groups is 1. The van der Waals surface area contributed by atoms with Crippen LogP contribution in [-0.2, 0) is 6.42 Å². The van der Waals surface area contributed by atoms with Crippen LogP contribution < -0.4 is 0 Å². The van der Waals surface area contributed by atoms with E-state index in [0.29, 0.717) is 35.7 Å². The Morgan fingerprint density at radius 1 is 1.31 bits per heavy atom. The predicted octanol–water partition coefficient (Wildman–Crippen LogP) is 3.15. The number of nitrogens with zero attached hydrogens (tertiary/aromatic N) is 6. The van der Waals surface area contributed by atoms with Gasteiger partial charge in [0.2, 0.25) is 0 Å². The first-order valence-corrected chi connectivity index (χ1v) is 9.39. The summed E-state index contributed by atoms with van der Waals surface area (Å²) < 4.78 is 15.2. The van der Waals surface area contributed by atoms with Gasteiger partial charge in [0.05, 0.1) is 17.0 Å². The summed E-state index contributed by atoms with van der Waals surface area (Å²) in [5.41, 5.74) is 0.661. The molecule has 0 aliphatic carbocycles. The van der Waals surface area contributed by atoms with Crippen molar-refractivity contribution in [3.63, 3.8) is 0 Å². The minimum absolute atomic E-state index is 0.184. The normalized spacial score (nSPS) is 16.8. The fraction of sp³-hybridized carbons (Fsp3) is 0.333. The summed E-state index contributed by atoms with van der Waals surface area (Å²) in [7, 11) is 0. The Hall–Kier alpha value is -3.29. The van der Waals surface area contributed by atoms with Gasteiger partial charge in [-0.1, -0.05) is 6.08 Å². The highest BCUT2D eigenvalue weighted by Crippen LogP contribution is 2.31. The van der Waals surface area contributed by atoms with E-state index in [4.69, 9.17) is 0 Å². The van der Waals surface area contributed by atoms with E-state index in [2.05, 4.69) is 31.7 Å². The summed E-state index contributed by atoms with van der Waals surface area (Å²) in [6.45, 7) is 5.83. The summed E-state index contributed by atoms with van der Waals surface area (Å²) in [5.74, 6) is -0.184. The third-order valence-corrected chi connectivity index (χ3v) is 4.89. The maximum atomic E-state index is 15.2. The lowest BCUT2D eigenvalue weighted by Gasteiger charge is -2.36. The monoisotopic (exact) mass is 394 g/mol. The van der Waals surface area contributed by atoms with E-state index in [1.165, 1.54) is 6.34 Å². The SMILES string of the molecule is C=NC=N/C(=C\C)c1ncccc1C(=O)N1CCC(F)(Cc2cnccn2)CC1. The van der Waals surface area contributed by atoms with Crippen LogP contribution in [0.15, 0.2) is 53.0 Å². The van der Waals surface area contributed by atoms with Gasteiger partial charge in [0.25, 0.3) is 5.91 Å². The van der Waals surface area contributed by atoms with E-state index in [9.17, 15) is 4.79 Å². The van der Waals surface area contributed by atoms with Crippen molar-refractivity contribution in [3.8, 4) is 0 Å². The van der Waals surface area contributed by atoms with Crippen molar-refractivity contribution < 1.29 is 9.18 Å². The Balaban J connectivity index is 1.73. The van der Waals surface area contributed by atoms with Crippen LogP contribution in [0.25, 0.3) is 5.70 Å². The molecule has 1 saturated heterocycles. The molecule has 29 heavy (non-hydrogen) atoms. The Labute approximate surface area is 169 Å². The van der Waals surface area contributed by atoms with E-state index in [0.717, 1.165) is 0 Å². The van der Waals surface area contributed by atoms with Gasteiger partial charge in [-0.25, -0.2) is 9.38 Å². The quantitative estimate of drug-likeness (QED) is 0.557. The molecule has 0 saturated carbocycles. The Morgan fingerprint density at radius 3 is 2.76 bits per heavy atom. The average Bonchev–Trinajstić information content (AvgIpc) is 2.75. The highest BCUT2D eigenvalue weighted by atomic mass is 19.1. The predicted molar refractivity (Wildman–Crippen MR) is 111 cm³/mol. The summed E-state index contributed by atoms with van der Waals surface area (Å²) in [4.78, 5) is 35.0. The van der Waals surface area contributed by atoms with Gasteiger partial charge < -0.3 is 4.90 Å². The van der Waals surface area contributed by atoms with Gasteiger partial charge in [-0.2, -0.15) is 0 Å². The molecule has 0 N–H and O–H groups in total. The fourth-order valence-corrected chi connectivity index (χ4v) is 3.36. The van der Waals surface area contributed by atoms with Crippen LogP contribution in [0.2, 0.25) is 0 Å². The average molecular weight is 394 g/mol. The van der Waals surface area contributed by atoms with Crippen molar-refractivity contribution in [2.75, 3.05) is 13.1 Å². The van der Waals surface area contributed by atoms with E-state index in [1.54, 1.807) is 47.9 Å². The number of allylic oxidation sites excluding steroid dienone is 1. The van der Waals surface area contributed by atoms with Gasteiger partial charge in [0.15, 0.2) is 0 Å². The number of aliphatic imine (C=N–C) groups is 2. The molecule has 0 unspecified atom stereocenters. The van der Waals surface area contributed by atoms with Crippen molar-refractivity contribution >= 4 is 24.7 Å². The number of hydrogen-bond donors (Lipinski definition) is 0. The first-order valence-electron chi connectivity index (χ1n) is 9.39. The summed E-state index contributed by atoms with van der Waals surface area (Å²) in [6, 6.07) is 3.42. The Morgan fingerprint density at radius 2 is 2.10 bits per heavy atom. The molecule has 1 amide bonds. The Bertz CT molecular complexity index is 920. The van der Waals surface area contributed by atoms with Crippen LogP contribution in [0.5, 0.6) is 0 Å². The summed E-state index contributed by atoms with van der Waals surface area (Å²) in [6.07, 6.45) is 10.1. The van der Waals surface area contributed by atoms with Gasteiger partial charge in [0.1, 0.15) is 17.7 Å². The van der Waals surface area contributed by atoms with Crippen LogP contribution in [0, 0.1) is 0 Å². The molecular weight excluding hydrogens is 371 g/mol. The molecule has 7 nitrogen and oxygen atoms in total. The van der Waals surface area contributed by atoms with Crippen LogP contribution in [-0.4, -0.2) is 57.6 Å². The van der Waals surface area contributed by atoms with Gasteiger partial charge in [0, 0.05) is 44.3 Å². The van der Waals surface area contributed by atoms with Gasteiger partial charge in [-0.3, -0.25) is 24.7 Å². The molecule has 0 aromatic carbocycles. The smallest absolute Gasteiger partial charge is 0.256 e. The zero-order valence-corrected chi connectivity index (χ0v) is 16.3. The molecular formula is C21H23FN6O. The molecule has 2 aromatic rings. The molecule has 0 spiro atoms. The number of hydrogen-bond acceptors (Lipinski definition) is 5. The number of amides is 1. The highest BCUT2D eigenvalue weighted by Gasteiger charge is 2.37. The lowest BCUT2D eigenvalue weighted by Crippen LogP contribution is -2.45. The number of piperidine rings is 1. The number of aromatic nitrogens is 3. The molecule has 1 fully saturated rings. The molecule has 3 rings (SSSR count). The molecule has 0 atom stereocenters. The first-order chi connectivity index (χ1) is 14.1. The molecule has 150 valence electrons. The maximum absolute atomic E-state index is 15.2. The topological polar surface area (TPSA) is 83.7 Å². The van der Waals surface area contributed by atoms with Gasteiger partial charge in [-0.05, 0) is 38.6 Å². The molecule has 8 heteroatoms. The standard InChI is InChI=1S/C21H23FN6O/c1-3-18(27-15-23-2)19-17(5-4-8-26-19)20(29)28-11-6-21(22,7-12-28)13-16-14-24-9-10-25-16/h3-5,8-10,14-15H,2,6-7,11-13H2,1H3/b18-3-,27-15?. The number of carbonyl (C=O) groups excluding carboxylic acids is 1. The number of halogens is 1. The maximum Gasteiger partial charge on any atom is 0.256 e. The molecule has 1 aliphatic heterocycles. The number of rotatable bonds is 6. The number of alkyl halides is 1. The lowest BCUT2D eigenvalue weighted by molar-refractivity contribution is 0.0432. The third kappa shape index (κ3) is 4.96. The molecule has 0 bridgehead atoms. The summed E-state index contributed by atoms with van der Waals surface area (Å²) >= 11 is 0. The van der Waals surface area contributed by atoms with Crippen LogP contribution >= 0.6 is 0 Å². The van der Waals surface area contributed by atoms with Crippen LogP contribution in [0.3, 0.4) is 0 Å². The Kier molecular flexibility index (Phi) is 6.54. The third-order valence-electron chi connectivity index (χ3n) is 4.89. The van der Waals surface area contributed by atoms with Crippen molar-refractivity contribution in [1.82, 2.24) is 19.9 Å². The molecule has 1 aliphatic rings. The fourth-order valence-electron chi connectivity index (χ4n) is 3.36. The molecule has 3 heterocycles. The second-order valence-electron chi connectivity index (χ2n) is 6.82. The zero-order chi connectivity index (χ0) is 20.7. The minimum atomic E-state index is -1.39. The highest BCUT2D eigenvalue weighted by molar-refractivity contribution is 5.98. The van der Waals surface area contributed by atoms with Crippen LogP contribution in [0.1, 0.15) is 41.5 Å². The minimum Gasteiger partial charge on any atom is -0.338 e. The molecule has 2 aromatic heterocycles. The second kappa shape index (κ2) is 9.27. The van der Waals surface area contributed by atoms with E-state index >= 15 is 4.39 Å². The number of likely N-dealkylation sites (tertiary alicyclic amines) is 1. The van der Waals surface area contributed by atoms with Crippen molar-refractivity contribution in [3.05, 3.63) is 59.9 Å². The van der Waals surface area contributed by atoms with Crippen LogP contribution in [0.4, 0.5) is 4.39 Å². The van der Waals surface area contributed by atoms with Crippen molar-refractivity contribution in [1.29, 1.82) is 0 Å². The zero-order valence-electron chi connectivity index (χ0n) is 16.3. The largest absolute Gasteiger partial charge is 0.338 e. The molecule has 0 radical (unpaired) electrons. The van der Waals surface area contributed by atoms with E-state index in [1.807, 2.05) is 6.92 Å².